The summed E-state index contributed by atoms with van der Waals surface area (Å²) in [6.45, 7) is 0.358. The summed E-state index contributed by atoms with van der Waals surface area (Å²) in [5.41, 5.74) is 0.660. The van der Waals surface area contributed by atoms with E-state index in [2.05, 4.69) is 22.6 Å². The topological polar surface area (TPSA) is 40.5 Å². The predicted molar refractivity (Wildman–Crippen MR) is 63.2 cm³/mol. The smallest absolute Gasteiger partial charge is 0.253 e. The Morgan fingerprint density at radius 3 is 2.86 bits per heavy atom. The first kappa shape index (κ1) is 11.5. The Morgan fingerprint density at radius 2 is 2.29 bits per heavy atom. The lowest BCUT2D eigenvalue weighted by atomic mass is 10.2. The van der Waals surface area contributed by atoms with Crippen LogP contribution in [0.15, 0.2) is 24.3 Å². The molecule has 1 N–H and O–H groups in total. The molecule has 0 unspecified atom stereocenters. The summed E-state index contributed by atoms with van der Waals surface area (Å²) < 4.78 is 1.03. The van der Waals surface area contributed by atoms with Crippen LogP contribution < -0.4 is 0 Å². The summed E-state index contributed by atoms with van der Waals surface area (Å²) in [5, 5.41) is 8.69. The number of halogens is 1. The zero-order valence-corrected chi connectivity index (χ0v) is 10.1. The molecule has 0 aliphatic rings. The fourth-order valence-corrected chi connectivity index (χ4v) is 1.64. The van der Waals surface area contributed by atoms with Gasteiger partial charge in [-0.25, -0.2) is 0 Å². The number of nitrogens with zero attached hydrogens (tertiary/aromatic N) is 1. The van der Waals surface area contributed by atoms with Gasteiger partial charge < -0.3 is 10.0 Å². The molecule has 1 aromatic rings. The average Bonchev–Trinajstić information content (AvgIpc) is 2.17. The predicted octanol–water partition coefficient (Wildman–Crippen LogP) is 1.36. The molecule has 0 aliphatic heterocycles. The molecule has 1 amide bonds. The standard InChI is InChI=1S/C10H12INO2/c1-12(5-6-13)10(14)8-3-2-4-9(11)7-8/h2-4,7,13H,5-6H2,1H3. The molecule has 0 saturated heterocycles. The first-order valence-electron chi connectivity index (χ1n) is 4.27. The number of benzene rings is 1. The van der Waals surface area contributed by atoms with Crippen molar-refractivity contribution < 1.29 is 9.90 Å². The maximum Gasteiger partial charge on any atom is 0.253 e. The first-order valence-corrected chi connectivity index (χ1v) is 5.35. The molecule has 3 nitrogen and oxygen atoms in total. The Kier molecular flexibility index (Phi) is 4.34. The number of hydrogen-bond acceptors (Lipinski definition) is 2. The van der Waals surface area contributed by atoms with Crippen LogP contribution in [0.5, 0.6) is 0 Å². The van der Waals surface area contributed by atoms with Gasteiger partial charge in [-0.05, 0) is 40.8 Å². The molecular weight excluding hydrogens is 293 g/mol. The molecule has 0 atom stereocenters. The summed E-state index contributed by atoms with van der Waals surface area (Å²) in [4.78, 5) is 13.2. The van der Waals surface area contributed by atoms with Gasteiger partial charge in [-0.3, -0.25) is 4.79 Å². The Balaban J connectivity index is 2.78. The number of carbonyl (C=O) groups is 1. The van der Waals surface area contributed by atoms with Crippen molar-refractivity contribution in [1.29, 1.82) is 0 Å². The van der Waals surface area contributed by atoms with Crippen LogP contribution in [0.2, 0.25) is 0 Å². The minimum absolute atomic E-state index is 0.00777. The SMILES string of the molecule is CN(CCO)C(=O)c1cccc(I)c1. The molecule has 0 aromatic heterocycles. The summed E-state index contributed by atoms with van der Waals surface area (Å²) in [7, 11) is 1.68. The van der Waals surface area contributed by atoms with Crippen molar-refractivity contribution in [3.63, 3.8) is 0 Å². The third-order valence-corrected chi connectivity index (χ3v) is 2.52. The Hall–Kier alpha value is -0.620. The second-order valence-electron chi connectivity index (χ2n) is 2.96. The van der Waals surface area contributed by atoms with Gasteiger partial charge in [0.25, 0.3) is 5.91 Å². The van der Waals surface area contributed by atoms with E-state index in [1.54, 1.807) is 13.1 Å². The number of rotatable bonds is 3. The number of likely N-dealkylation sites (N-methyl/N-ethyl adjacent to an activating group) is 1. The third-order valence-electron chi connectivity index (χ3n) is 1.85. The van der Waals surface area contributed by atoms with Crippen LogP contribution in [0.3, 0.4) is 0 Å². The van der Waals surface area contributed by atoms with E-state index in [4.69, 9.17) is 5.11 Å². The highest BCUT2D eigenvalue weighted by molar-refractivity contribution is 14.1. The second kappa shape index (κ2) is 5.31. The lowest BCUT2D eigenvalue weighted by Gasteiger charge is -2.15. The molecule has 0 bridgehead atoms. The number of carbonyl (C=O) groups excluding carboxylic acids is 1. The van der Waals surface area contributed by atoms with Crippen molar-refractivity contribution in [2.75, 3.05) is 20.2 Å². The summed E-state index contributed by atoms with van der Waals surface area (Å²) in [6.07, 6.45) is 0. The molecule has 1 aromatic carbocycles. The van der Waals surface area contributed by atoms with Gasteiger partial charge in [-0.2, -0.15) is 0 Å². The van der Waals surface area contributed by atoms with E-state index in [0.29, 0.717) is 12.1 Å². The maximum absolute atomic E-state index is 11.7. The summed E-state index contributed by atoms with van der Waals surface area (Å²) in [6, 6.07) is 7.39. The van der Waals surface area contributed by atoms with Crippen LogP contribution in [-0.2, 0) is 0 Å². The molecule has 4 heteroatoms. The van der Waals surface area contributed by atoms with Crippen molar-refractivity contribution in [2.45, 2.75) is 0 Å². The molecule has 0 fully saturated rings. The maximum atomic E-state index is 11.7. The zero-order chi connectivity index (χ0) is 10.6. The van der Waals surface area contributed by atoms with E-state index in [-0.39, 0.29) is 12.5 Å². The fourth-order valence-electron chi connectivity index (χ4n) is 1.09. The molecular formula is C10H12INO2. The van der Waals surface area contributed by atoms with E-state index in [0.717, 1.165) is 3.57 Å². The highest BCUT2D eigenvalue weighted by Gasteiger charge is 2.10. The molecule has 0 spiro atoms. The summed E-state index contributed by atoms with van der Waals surface area (Å²) >= 11 is 2.16. The second-order valence-corrected chi connectivity index (χ2v) is 4.21. The Morgan fingerprint density at radius 1 is 1.57 bits per heavy atom. The van der Waals surface area contributed by atoms with Crippen molar-refractivity contribution in [2.24, 2.45) is 0 Å². The largest absolute Gasteiger partial charge is 0.395 e. The van der Waals surface area contributed by atoms with E-state index in [9.17, 15) is 4.79 Å². The van der Waals surface area contributed by atoms with Gasteiger partial charge >= 0.3 is 0 Å². The average molecular weight is 305 g/mol. The number of amides is 1. The van der Waals surface area contributed by atoms with Crippen molar-refractivity contribution >= 4 is 28.5 Å². The molecule has 0 radical (unpaired) electrons. The van der Waals surface area contributed by atoms with E-state index >= 15 is 0 Å². The van der Waals surface area contributed by atoms with Crippen molar-refractivity contribution in [3.05, 3.63) is 33.4 Å². The minimum atomic E-state index is -0.0578. The number of hydrogen-bond donors (Lipinski definition) is 1. The van der Waals surface area contributed by atoms with Gasteiger partial charge in [0.05, 0.1) is 6.61 Å². The quantitative estimate of drug-likeness (QED) is 0.857. The first-order chi connectivity index (χ1) is 6.65. The van der Waals surface area contributed by atoms with E-state index < -0.39 is 0 Å². The Bertz CT molecular complexity index is 328. The van der Waals surface area contributed by atoms with Gasteiger partial charge in [-0.1, -0.05) is 6.07 Å². The van der Waals surface area contributed by atoms with Crippen LogP contribution in [0, 0.1) is 3.57 Å². The van der Waals surface area contributed by atoms with Crippen LogP contribution in [0.25, 0.3) is 0 Å². The van der Waals surface area contributed by atoms with Gasteiger partial charge in [0.1, 0.15) is 0 Å². The molecule has 1 rings (SSSR count). The van der Waals surface area contributed by atoms with E-state index in [1.165, 1.54) is 4.90 Å². The number of aliphatic hydroxyl groups is 1. The van der Waals surface area contributed by atoms with Crippen LogP contribution in [0.1, 0.15) is 10.4 Å². The molecule has 76 valence electrons. The van der Waals surface area contributed by atoms with Gasteiger partial charge in [0.2, 0.25) is 0 Å². The monoisotopic (exact) mass is 305 g/mol. The highest BCUT2D eigenvalue weighted by Crippen LogP contribution is 2.09. The molecule has 0 aliphatic carbocycles. The normalized spacial score (nSPS) is 9.93. The van der Waals surface area contributed by atoms with Gasteiger partial charge in [-0.15, -0.1) is 0 Å². The van der Waals surface area contributed by atoms with Crippen molar-refractivity contribution in [3.8, 4) is 0 Å². The molecule has 0 heterocycles. The van der Waals surface area contributed by atoms with Crippen molar-refractivity contribution in [1.82, 2.24) is 4.90 Å². The van der Waals surface area contributed by atoms with Crippen LogP contribution in [-0.4, -0.2) is 36.1 Å². The number of aliphatic hydroxyl groups excluding tert-OH is 1. The van der Waals surface area contributed by atoms with Crippen LogP contribution in [0.4, 0.5) is 0 Å². The molecule has 14 heavy (non-hydrogen) atoms. The Labute approximate surface area is 96.9 Å². The lowest BCUT2D eigenvalue weighted by Crippen LogP contribution is -2.29. The summed E-state index contributed by atoms with van der Waals surface area (Å²) in [5.74, 6) is -0.0578. The van der Waals surface area contributed by atoms with Gasteiger partial charge in [0, 0.05) is 22.7 Å². The van der Waals surface area contributed by atoms with Gasteiger partial charge in [0.15, 0.2) is 0 Å². The minimum Gasteiger partial charge on any atom is -0.395 e. The van der Waals surface area contributed by atoms with Crippen LogP contribution >= 0.6 is 22.6 Å². The third kappa shape index (κ3) is 2.95. The molecule has 0 saturated carbocycles. The lowest BCUT2D eigenvalue weighted by molar-refractivity contribution is 0.0767. The fraction of sp³-hybridized carbons (Fsp3) is 0.300. The zero-order valence-electron chi connectivity index (χ0n) is 7.90. The highest BCUT2D eigenvalue weighted by atomic mass is 127. The van der Waals surface area contributed by atoms with E-state index in [1.807, 2.05) is 18.2 Å².